The molecule has 0 aliphatic carbocycles. The number of benzene rings is 2. The molecule has 2 aromatic rings. The van der Waals surface area contributed by atoms with E-state index in [1.807, 2.05) is 30.3 Å². The van der Waals surface area contributed by atoms with Gasteiger partial charge in [0.2, 0.25) is 5.91 Å². The Bertz CT molecular complexity index is 836. The summed E-state index contributed by atoms with van der Waals surface area (Å²) >= 11 is 5.98. The van der Waals surface area contributed by atoms with Gasteiger partial charge in [0.25, 0.3) is 0 Å². The van der Waals surface area contributed by atoms with E-state index in [0.717, 1.165) is 11.8 Å². The summed E-state index contributed by atoms with van der Waals surface area (Å²) in [7, 11) is -3.44. The summed E-state index contributed by atoms with van der Waals surface area (Å²) in [6.07, 6.45) is 1.11. The highest BCUT2D eigenvalue weighted by atomic mass is 35.5. The monoisotopic (exact) mass is 366 g/mol. The number of amides is 1. The van der Waals surface area contributed by atoms with Crippen molar-refractivity contribution >= 4 is 33.0 Å². The quantitative estimate of drug-likeness (QED) is 0.824. The molecule has 0 spiro atoms. The molecule has 0 unspecified atom stereocenters. The van der Waals surface area contributed by atoms with Gasteiger partial charge < -0.3 is 10.6 Å². The zero-order valence-corrected chi connectivity index (χ0v) is 15.0. The predicted molar refractivity (Wildman–Crippen MR) is 96.1 cm³/mol. The molecule has 0 bridgehead atoms. The first-order valence-electron chi connectivity index (χ1n) is 7.32. The SMILES string of the molecule is Cc1c(NCC(=O)NCc2ccccc2)ccc(Cl)c1S(C)(=O)=O. The van der Waals surface area contributed by atoms with E-state index in [-0.39, 0.29) is 22.4 Å². The van der Waals surface area contributed by atoms with Crippen LogP contribution in [0.1, 0.15) is 11.1 Å². The Kier molecular flexibility index (Phi) is 5.85. The topological polar surface area (TPSA) is 75.3 Å². The molecule has 0 radical (unpaired) electrons. The van der Waals surface area contributed by atoms with E-state index >= 15 is 0 Å². The molecule has 2 rings (SSSR count). The van der Waals surface area contributed by atoms with Crippen LogP contribution in [-0.2, 0) is 21.2 Å². The van der Waals surface area contributed by atoms with Gasteiger partial charge in [-0.2, -0.15) is 0 Å². The molecule has 1 amide bonds. The highest BCUT2D eigenvalue weighted by Crippen LogP contribution is 2.30. The zero-order valence-electron chi connectivity index (χ0n) is 13.5. The van der Waals surface area contributed by atoms with E-state index in [2.05, 4.69) is 10.6 Å². The number of carbonyl (C=O) groups excluding carboxylic acids is 1. The van der Waals surface area contributed by atoms with Gasteiger partial charge in [-0.25, -0.2) is 8.42 Å². The maximum atomic E-state index is 11.9. The van der Waals surface area contributed by atoms with Gasteiger partial charge in [0, 0.05) is 18.5 Å². The Morgan fingerprint density at radius 2 is 1.79 bits per heavy atom. The molecule has 0 atom stereocenters. The number of carbonyl (C=O) groups is 1. The second kappa shape index (κ2) is 7.68. The summed E-state index contributed by atoms with van der Waals surface area (Å²) in [6.45, 7) is 2.14. The Morgan fingerprint density at radius 3 is 2.42 bits per heavy atom. The van der Waals surface area contributed by atoms with Crippen LogP contribution in [0.4, 0.5) is 5.69 Å². The Morgan fingerprint density at radius 1 is 1.12 bits per heavy atom. The molecule has 5 nitrogen and oxygen atoms in total. The normalized spacial score (nSPS) is 11.1. The van der Waals surface area contributed by atoms with Crippen molar-refractivity contribution in [2.24, 2.45) is 0 Å². The minimum atomic E-state index is -3.44. The largest absolute Gasteiger partial charge is 0.376 e. The fraction of sp³-hybridized carbons (Fsp3) is 0.235. The average molecular weight is 367 g/mol. The van der Waals surface area contributed by atoms with Crippen molar-refractivity contribution in [3.05, 3.63) is 58.6 Å². The molecular formula is C17H19ClN2O3S. The number of nitrogens with one attached hydrogen (secondary N) is 2. The highest BCUT2D eigenvalue weighted by molar-refractivity contribution is 7.90. The first kappa shape index (κ1) is 18.3. The minimum Gasteiger partial charge on any atom is -0.376 e. The maximum Gasteiger partial charge on any atom is 0.239 e. The molecule has 0 aliphatic heterocycles. The van der Waals surface area contributed by atoms with Crippen molar-refractivity contribution in [3.63, 3.8) is 0 Å². The van der Waals surface area contributed by atoms with Gasteiger partial charge in [0.15, 0.2) is 9.84 Å². The molecule has 0 fully saturated rings. The molecule has 0 heterocycles. The number of halogens is 1. The van der Waals surface area contributed by atoms with Crippen molar-refractivity contribution < 1.29 is 13.2 Å². The summed E-state index contributed by atoms with van der Waals surface area (Å²) in [6, 6.07) is 12.7. The summed E-state index contributed by atoms with van der Waals surface area (Å²) in [5.74, 6) is -0.186. The van der Waals surface area contributed by atoms with Crippen molar-refractivity contribution in [1.29, 1.82) is 0 Å². The van der Waals surface area contributed by atoms with E-state index in [9.17, 15) is 13.2 Å². The Balaban J connectivity index is 2.01. The number of hydrogen-bond donors (Lipinski definition) is 2. The fourth-order valence-electron chi connectivity index (χ4n) is 2.34. The van der Waals surface area contributed by atoms with Crippen LogP contribution in [-0.4, -0.2) is 27.1 Å². The van der Waals surface area contributed by atoms with Crippen LogP contribution in [0.5, 0.6) is 0 Å². The van der Waals surface area contributed by atoms with Crippen LogP contribution in [0.25, 0.3) is 0 Å². The lowest BCUT2D eigenvalue weighted by Gasteiger charge is -2.14. The van der Waals surface area contributed by atoms with Gasteiger partial charge in [0.1, 0.15) is 0 Å². The van der Waals surface area contributed by atoms with Gasteiger partial charge in [-0.05, 0) is 30.2 Å². The fourth-order valence-corrected chi connectivity index (χ4v) is 4.05. The molecular weight excluding hydrogens is 348 g/mol. The van der Waals surface area contributed by atoms with Gasteiger partial charge in [-0.3, -0.25) is 4.79 Å². The highest BCUT2D eigenvalue weighted by Gasteiger charge is 2.18. The van der Waals surface area contributed by atoms with Gasteiger partial charge >= 0.3 is 0 Å². The van der Waals surface area contributed by atoms with Crippen LogP contribution >= 0.6 is 11.6 Å². The van der Waals surface area contributed by atoms with E-state index < -0.39 is 9.84 Å². The van der Waals surface area contributed by atoms with E-state index in [4.69, 9.17) is 11.6 Å². The number of sulfone groups is 1. The number of hydrogen-bond acceptors (Lipinski definition) is 4. The minimum absolute atomic E-state index is 0.0402. The van der Waals surface area contributed by atoms with Crippen molar-refractivity contribution in [2.75, 3.05) is 18.1 Å². The molecule has 0 saturated carbocycles. The third kappa shape index (κ3) is 4.72. The van der Waals surface area contributed by atoms with E-state index in [0.29, 0.717) is 17.8 Å². The van der Waals surface area contributed by atoms with Crippen molar-refractivity contribution in [2.45, 2.75) is 18.4 Å². The third-order valence-corrected chi connectivity index (χ3v) is 5.20. The standard InChI is InChI=1S/C17H19ClN2O3S/c1-12-15(9-8-14(18)17(12)24(2,22)23)19-11-16(21)20-10-13-6-4-3-5-7-13/h3-9,19H,10-11H2,1-2H3,(H,20,21). The van der Waals surface area contributed by atoms with E-state index in [1.54, 1.807) is 13.0 Å². The smallest absolute Gasteiger partial charge is 0.239 e. The molecule has 0 aromatic heterocycles. The van der Waals surface area contributed by atoms with Crippen LogP contribution in [0.15, 0.2) is 47.4 Å². The molecule has 7 heteroatoms. The Labute approximate surface area is 147 Å². The number of anilines is 1. The second-order valence-electron chi connectivity index (χ2n) is 5.44. The predicted octanol–water partition coefficient (Wildman–Crippen LogP) is 2.78. The third-order valence-electron chi connectivity index (χ3n) is 3.50. The molecule has 0 aliphatic rings. The first-order chi connectivity index (χ1) is 11.3. The van der Waals surface area contributed by atoms with E-state index in [1.165, 1.54) is 6.07 Å². The van der Waals surface area contributed by atoms with Crippen molar-refractivity contribution in [3.8, 4) is 0 Å². The molecule has 0 saturated heterocycles. The summed E-state index contributed by atoms with van der Waals surface area (Å²) in [5, 5.41) is 5.93. The first-order valence-corrected chi connectivity index (χ1v) is 9.59. The summed E-state index contributed by atoms with van der Waals surface area (Å²) in [4.78, 5) is 12.0. The zero-order chi connectivity index (χ0) is 17.7. The van der Waals surface area contributed by atoms with Gasteiger partial charge in [-0.15, -0.1) is 0 Å². The lowest BCUT2D eigenvalue weighted by atomic mass is 10.2. The van der Waals surface area contributed by atoms with Crippen molar-refractivity contribution in [1.82, 2.24) is 5.32 Å². The lowest BCUT2D eigenvalue weighted by molar-refractivity contribution is -0.119. The molecule has 128 valence electrons. The van der Waals surface area contributed by atoms with Crippen LogP contribution in [0, 0.1) is 6.92 Å². The second-order valence-corrected chi connectivity index (χ2v) is 7.80. The van der Waals surface area contributed by atoms with Gasteiger partial charge in [0.05, 0.1) is 16.5 Å². The van der Waals surface area contributed by atoms with Gasteiger partial charge in [-0.1, -0.05) is 41.9 Å². The summed E-state index contributed by atoms with van der Waals surface area (Å²) in [5.41, 5.74) is 2.07. The average Bonchev–Trinajstić information content (AvgIpc) is 2.52. The Hall–Kier alpha value is -2.05. The molecule has 2 aromatic carbocycles. The van der Waals surface area contributed by atoms with Crippen LogP contribution < -0.4 is 10.6 Å². The molecule has 2 N–H and O–H groups in total. The summed E-state index contributed by atoms with van der Waals surface area (Å²) < 4.78 is 23.7. The molecule has 24 heavy (non-hydrogen) atoms. The van der Waals surface area contributed by atoms with Crippen LogP contribution in [0.2, 0.25) is 5.02 Å². The number of rotatable bonds is 6. The lowest BCUT2D eigenvalue weighted by Crippen LogP contribution is -2.29. The maximum absolute atomic E-state index is 11.9. The van der Waals surface area contributed by atoms with Crippen LogP contribution in [0.3, 0.4) is 0 Å².